The topological polar surface area (TPSA) is 3.24 Å². The van der Waals surface area contributed by atoms with Crippen molar-refractivity contribution in [2.24, 2.45) is 0 Å². The van der Waals surface area contributed by atoms with Gasteiger partial charge in [0.15, 0.2) is 0 Å². The van der Waals surface area contributed by atoms with Gasteiger partial charge in [0.05, 0.1) is 0 Å². The van der Waals surface area contributed by atoms with Gasteiger partial charge in [-0.05, 0) is 77.3 Å². The fraction of sp³-hybridized carbons (Fsp3) is 0.167. The Morgan fingerprint density at radius 1 is 0.447 bits per heavy atom. The Balaban J connectivity index is 1.85. The molecule has 1 nitrogen and oxygen atoms in total. The van der Waals surface area contributed by atoms with Gasteiger partial charge in [0.1, 0.15) is 0 Å². The van der Waals surface area contributed by atoms with Crippen LogP contribution in [-0.4, -0.2) is 6.71 Å². The van der Waals surface area contributed by atoms with E-state index in [-0.39, 0.29) is 6.71 Å². The number of nitrogens with zero attached hydrogens (tertiary/aromatic N) is 1. The maximum absolute atomic E-state index is 2.40. The summed E-state index contributed by atoms with van der Waals surface area (Å²) in [5.74, 6) is 0. The third-order valence-corrected chi connectivity index (χ3v) is 7.57. The first kappa shape index (κ1) is 25.6. The molecule has 0 aliphatic heterocycles. The molecule has 0 heterocycles. The van der Waals surface area contributed by atoms with Gasteiger partial charge in [-0.2, -0.15) is 0 Å². The summed E-state index contributed by atoms with van der Waals surface area (Å²) in [6.45, 7) is 13.6. The molecule has 0 aromatic heterocycles. The quantitative estimate of drug-likeness (QED) is 0.221. The van der Waals surface area contributed by atoms with Crippen LogP contribution in [0.15, 0.2) is 109 Å². The van der Waals surface area contributed by atoms with Crippen molar-refractivity contribution in [3.05, 3.63) is 143 Å². The molecule has 0 aliphatic carbocycles. The highest BCUT2D eigenvalue weighted by Crippen LogP contribution is 2.33. The van der Waals surface area contributed by atoms with Gasteiger partial charge in [-0.15, -0.1) is 0 Å². The smallest absolute Gasteiger partial charge is 0.245 e. The summed E-state index contributed by atoms with van der Waals surface area (Å²) >= 11 is 0. The first-order chi connectivity index (χ1) is 18.3. The number of para-hydroxylation sites is 3. The molecule has 0 spiro atoms. The molecule has 0 radical (unpaired) electrons. The van der Waals surface area contributed by atoms with Crippen LogP contribution in [-0.2, 0) is 0 Å². The summed E-state index contributed by atoms with van der Waals surface area (Å²) in [6.07, 6.45) is 0. The van der Waals surface area contributed by atoms with E-state index in [2.05, 4.69) is 156 Å². The lowest BCUT2D eigenvalue weighted by atomic mass is 9.34. The summed E-state index contributed by atoms with van der Waals surface area (Å²) in [4.78, 5) is 2.40. The van der Waals surface area contributed by atoms with E-state index in [1.807, 2.05) is 0 Å². The Hall–Kier alpha value is -4.04. The van der Waals surface area contributed by atoms with Crippen molar-refractivity contribution in [1.29, 1.82) is 0 Å². The molecule has 5 rings (SSSR count). The van der Waals surface area contributed by atoms with Crippen LogP contribution in [0, 0.1) is 41.5 Å². The molecule has 38 heavy (non-hydrogen) atoms. The van der Waals surface area contributed by atoms with Crippen LogP contribution < -0.4 is 21.3 Å². The SMILES string of the molecule is Cc1cc(C)c(B(c2ccccc2N(c2ccccc2)c2ccccc2)c2c(C)cc(C)cc2C)c(C)c1. The average molecular weight is 494 g/mol. The Kier molecular flexibility index (Phi) is 7.25. The minimum Gasteiger partial charge on any atom is -0.311 e. The first-order valence-corrected chi connectivity index (χ1v) is 13.5. The minimum absolute atomic E-state index is 0.0994. The molecule has 0 atom stereocenters. The zero-order chi connectivity index (χ0) is 26.8. The van der Waals surface area contributed by atoms with Gasteiger partial charge in [0, 0.05) is 17.1 Å². The summed E-state index contributed by atoms with van der Waals surface area (Å²) in [5.41, 5.74) is 15.6. The molecule has 5 aromatic rings. The van der Waals surface area contributed by atoms with Crippen LogP contribution in [0.5, 0.6) is 0 Å². The van der Waals surface area contributed by atoms with Gasteiger partial charge in [0.25, 0.3) is 0 Å². The van der Waals surface area contributed by atoms with E-state index in [1.165, 1.54) is 55.5 Å². The molecular weight excluding hydrogens is 457 g/mol. The normalized spacial score (nSPS) is 10.9. The van der Waals surface area contributed by atoms with Crippen molar-refractivity contribution in [1.82, 2.24) is 0 Å². The lowest BCUT2D eigenvalue weighted by Gasteiger charge is -2.31. The molecule has 0 fully saturated rings. The highest BCUT2D eigenvalue weighted by Gasteiger charge is 2.31. The highest BCUT2D eigenvalue weighted by atomic mass is 15.1. The molecule has 0 saturated carbocycles. The standard InChI is InChI=1S/C36H36BN/c1-25-21-27(3)35(28(4)22-25)37(36-29(5)23-26(2)24-30(36)6)33-19-13-14-20-34(33)38(31-15-9-7-10-16-31)32-17-11-8-12-18-32/h7-24H,1-6H3. The third kappa shape index (κ3) is 4.92. The molecule has 2 heteroatoms. The number of aryl methyl sites for hydroxylation is 6. The van der Waals surface area contributed by atoms with Crippen molar-refractivity contribution in [2.75, 3.05) is 4.90 Å². The van der Waals surface area contributed by atoms with Gasteiger partial charge < -0.3 is 4.90 Å². The summed E-state index contributed by atoms with van der Waals surface area (Å²) in [7, 11) is 0. The Morgan fingerprint density at radius 3 is 1.24 bits per heavy atom. The van der Waals surface area contributed by atoms with E-state index < -0.39 is 0 Å². The van der Waals surface area contributed by atoms with E-state index >= 15 is 0 Å². The molecule has 0 unspecified atom stereocenters. The van der Waals surface area contributed by atoms with Gasteiger partial charge in [-0.25, -0.2) is 0 Å². The second-order valence-electron chi connectivity index (χ2n) is 10.6. The fourth-order valence-electron chi connectivity index (χ4n) is 6.27. The molecule has 0 bridgehead atoms. The van der Waals surface area contributed by atoms with E-state index in [9.17, 15) is 0 Å². The van der Waals surface area contributed by atoms with Crippen molar-refractivity contribution >= 4 is 40.2 Å². The minimum atomic E-state index is 0.0994. The molecule has 0 N–H and O–H groups in total. The van der Waals surface area contributed by atoms with Gasteiger partial charge in [-0.1, -0.05) is 123 Å². The van der Waals surface area contributed by atoms with Gasteiger partial charge >= 0.3 is 0 Å². The highest BCUT2D eigenvalue weighted by molar-refractivity contribution is 6.97. The van der Waals surface area contributed by atoms with Crippen LogP contribution in [0.3, 0.4) is 0 Å². The monoisotopic (exact) mass is 493 g/mol. The average Bonchev–Trinajstić information content (AvgIpc) is 2.88. The predicted octanol–water partition coefficient (Wildman–Crippen LogP) is 7.52. The second-order valence-corrected chi connectivity index (χ2v) is 10.6. The zero-order valence-electron chi connectivity index (χ0n) is 23.4. The van der Waals surface area contributed by atoms with Gasteiger partial charge in [0.2, 0.25) is 6.71 Å². The number of hydrogen-bond acceptors (Lipinski definition) is 1. The van der Waals surface area contributed by atoms with Crippen LogP contribution in [0.4, 0.5) is 17.1 Å². The maximum atomic E-state index is 2.40. The molecular formula is C36H36BN. The lowest BCUT2D eigenvalue weighted by molar-refractivity contribution is 1.29. The summed E-state index contributed by atoms with van der Waals surface area (Å²) < 4.78 is 0. The maximum Gasteiger partial charge on any atom is 0.245 e. The molecule has 5 aromatic carbocycles. The Labute approximate surface area is 228 Å². The first-order valence-electron chi connectivity index (χ1n) is 13.5. The number of anilines is 3. The molecule has 0 amide bonds. The van der Waals surface area contributed by atoms with E-state index in [1.54, 1.807) is 0 Å². The fourth-order valence-corrected chi connectivity index (χ4v) is 6.27. The van der Waals surface area contributed by atoms with Crippen molar-refractivity contribution in [3.8, 4) is 0 Å². The summed E-state index contributed by atoms with van der Waals surface area (Å²) in [6, 6.07) is 39.7. The van der Waals surface area contributed by atoms with Crippen LogP contribution >= 0.6 is 0 Å². The molecule has 0 aliphatic rings. The number of hydrogen-bond donors (Lipinski definition) is 0. The van der Waals surface area contributed by atoms with Crippen molar-refractivity contribution in [3.63, 3.8) is 0 Å². The number of benzene rings is 5. The zero-order valence-corrected chi connectivity index (χ0v) is 23.4. The van der Waals surface area contributed by atoms with Crippen LogP contribution in [0.1, 0.15) is 33.4 Å². The number of rotatable bonds is 6. The summed E-state index contributed by atoms with van der Waals surface area (Å²) in [5, 5.41) is 0. The predicted molar refractivity (Wildman–Crippen MR) is 167 cm³/mol. The van der Waals surface area contributed by atoms with Crippen molar-refractivity contribution < 1.29 is 0 Å². The van der Waals surface area contributed by atoms with Crippen LogP contribution in [0.2, 0.25) is 0 Å². The largest absolute Gasteiger partial charge is 0.311 e. The lowest BCUT2D eigenvalue weighted by Crippen LogP contribution is -2.56. The third-order valence-electron chi connectivity index (χ3n) is 7.57. The Bertz CT molecular complexity index is 1430. The second kappa shape index (κ2) is 10.8. The molecule has 0 saturated heterocycles. The Morgan fingerprint density at radius 2 is 0.816 bits per heavy atom. The van der Waals surface area contributed by atoms with E-state index in [0.29, 0.717) is 0 Å². The van der Waals surface area contributed by atoms with E-state index in [0.717, 1.165) is 11.4 Å². The van der Waals surface area contributed by atoms with Gasteiger partial charge in [-0.3, -0.25) is 0 Å². The van der Waals surface area contributed by atoms with E-state index in [4.69, 9.17) is 0 Å². The molecule has 188 valence electrons. The van der Waals surface area contributed by atoms with Crippen molar-refractivity contribution in [2.45, 2.75) is 41.5 Å². The van der Waals surface area contributed by atoms with Crippen LogP contribution in [0.25, 0.3) is 0 Å².